The van der Waals surface area contributed by atoms with Gasteiger partial charge in [-0.2, -0.15) is 0 Å². The first-order chi connectivity index (χ1) is 9.63. The minimum absolute atomic E-state index is 0.117. The van der Waals surface area contributed by atoms with E-state index in [0.29, 0.717) is 19.3 Å². The number of nitrogens with one attached hydrogen (secondary N) is 1. The van der Waals surface area contributed by atoms with E-state index in [-0.39, 0.29) is 6.61 Å². The van der Waals surface area contributed by atoms with Crippen LogP contribution in [0.1, 0.15) is 24.8 Å². The molecule has 0 spiro atoms. The van der Waals surface area contributed by atoms with Gasteiger partial charge in [0.25, 0.3) is 0 Å². The molecular weight excluding hydrogens is 258 g/mol. The smallest absolute Gasteiger partial charge is 0.408 e. The van der Waals surface area contributed by atoms with Crippen molar-refractivity contribution in [2.45, 2.75) is 31.9 Å². The summed E-state index contributed by atoms with van der Waals surface area (Å²) in [7, 11) is 0. The van der Waals surface area contributed by atoms with Gasteiger partial charge in [-0.05, 0) is 24.8 Å². The van der Waals surface area contributed by atoms with Gasteiger partial charge in [0.15, 0.2) is 0 Å². The number of amides is 1. The van der Waals surface area contributed by atoms with Crippen molar-refractivity contribution >= 4 is 12.1 Å². The molecule has 0 saturated carbocycles. The van der Waals surface area contributed by atoms with Crippen LogP contribution in [0.2, 0.25) is 0 Å². The SMILES string of the molecule is C=CCCCC(NC(=O)OCc1ccccc1)C(=O)O. The third-order valence-electron chi connectivity index (χ3n) is 2.70. The van der Waals surface area contributed by atoms with Gasteiger partial charge in [-0.25, -0.2) is 9.59 Å². The summed E-state index contributed by atoms with van der Waals surface area (Å²) in [6.45, 7) is 3.68. The van der Waals surface area contributed by atoms with E-state index in [1.165, 1.54) is 0 Å². The Labute approximate surface area is 118 Å². The summed E-state index contributed by atoms with van der Waals surface area (Å²) >= 11 is 0. The molecule has 0 aliphatic carbocycles. The number of benzene rings is 1. The Morgan fingerprint density at radius 1 is 1.35 bits per heavy atom. The summed E-state index contributed by atoms with van der Waals surface area (Å²) in [5.41, 5.74) is 0.848. The number of carboxylic acid groups (broad SMARTS) is 1. The Morgan fingerprint density at radius 2 is 2.05 bits per heavy atom. The van der Waals surface area contributed by atoms with E-state index in [1.54, 1.807) is 6.08 Å². The molecule has 0 bridgehead atoms. The lowest BCUT2D eigenvalue weighted by atomic mass is 10.1. The van der Waals surface area contributed by atoms with Crippen molar-refractivity contribution in [2.24, 2.45) is 0 Å². The lowest BCUT2D eigenvalue weighted by Gasteiger charge is -2.14. The second-order valence-electron chi connectivity index (χ2n) is 4.32. The average Bonchev–Trinajstić information content (AvgIpc) is 2.45. The number of unbranched alkanes of at least 4 members (excludes halogenated alkanes) is 1. The van der Waals surface area contributed by atoms with E-state index in [1.807, 2.05) is 30.3 Å². The van der Waals surface area contributed by atoms with Crippen molar-refractivity contribution in [1.29, 1.82) is 0 Å². The zero-order valence-electron chi connectivity index (χ0n) is 11.2. The first-order valence-electron chi connectivity index (χ1n) is 6.44. The Kier molecular flexibility index (Phi) is 6.89. The van der Waals surface area contributed by atoms with E-state index < -0.39 is 18.1 Å². The maximum Gasteiger partial charge on any atom is 0.408 e. The summed E-state index contributed by atoms with van der Waals surface area (Å²) < 4.78 is 4.98. The molecule has 0 aliphatic heterocycles. The van der Waals surface area contributed by atoms with Crippen LogP contribution in [0.25, 0.3) is 0 Å². The Hall–Kier alpha value is -2.30. The molecule has 0 radical (unpaired) electrons. The fourth-order valence-electron chi connectivity index (χ4n) is 1.63. The van der Waals surface area contributed by atoms with Crippen LogP contribution < -0.4 is 5.32 Å². The van der Waals surface area contributed by atoms with Gasteiger partial charge in [0, 0.05) is 0 Å². The molecule has 1 atom stereocenters. The number of carbonyl (C=O) groups is 2. The zero-order valence-corrected chi connectivity index (χ0v) is 11.2. The quantitative estimate of drug-likeness (QED) is 0.566. The molecule has 1 aromatic carbocycles. The maximum atomic E-state index is 11.5. The second kappa shape index (κ2) is 8.74. The molecule has 0 aliphatic rings. The lowest BCUT2D eigenvalue weighted by Crippen LogP contribution is -2.40. The number of hydrogen-bond donors (Lipinski definition) is 2. The highest BCUT2D eigenvalue weighted by Gasteiger charge is 2.19. The third-order valence-corrected chi connectivity index (χ3v) is 2.70. The Morgan fingerprint density at radius 3 is 2.65 bits per heavy atom. The molecule has 108 valence electrons. The van der Waals surface area contributed by atoms with Gasteiger partial charge < -0.3 is 15.2 Å². The van der Waals surface area contributed by atoms with Crippen LogP contribution in [-0.4, -0.2) is 23.2 Å². The topological polar surface area (TPSA) is 75.6 Å². The maximum absolute atomic E-state index is 11.5. The van der Waals surface area contributed by atoms with E-state index >= 15 is 0 Å². The predicted octanol–water partition coefficient (Wildman–Crippen LogP) is 2.72. The van der Waals surface area contributed by atoms with Gasteiger partial charge in [-0.3, -0.25) is 0 Å². The Balaban J connectivity index is 2.37. The molecule has 1 rings (SSSR count). The van der Waals surface area contributed by atoms with Crippen molar-refractivity contribution in [3.8, 4) is 0 Å². The van der Waals surface area contributed by atoms with Crippen LogP contribution >= 0.6 is 0 Å². The predicted molar refractivity (Wildman–Crippen MR) is 75.2 cm³/mol. The molecule has 0 fully saturated rings. The summed E-state index contributed by atoms with van der Waals surface area (Å²) in [5, 5.41) is 11.4. The fourth-order valence-corrected chi connectivity index (χ4v) is 1.63. The van der Waals surface area contributed by atoms with Gasteiger partial charge in [-0.15, -0.1) is 6.58 Å². The molecule has 5 nitrogen and oxygen atoms in total. The molecule has 1 unspecified atom stereocenters. The first kappa shape index (κ1) is 15.8. The molecule has 0 heterocycles. The number of carbonyl (C=O) groups excluding carboxylic acids is 1. The van der Waals surface area contributed by atoms with Gasteiger partial charge in [0.2, 0.25) is 0 Å². The highest BCUT2D eigenvalue weighted by molar-refractivity contribution is 5.79. The highest BCUT2D eigenvalue weighted by Crippen LogP contribution is 2.04. The first-order valence-corrected chi connectivity index (χ1v) is 6.44. The normalized spacial score (nSPS) is 11.4. The number of allylic oxidation sites excluding steroid dienone is 1. The molecule has 2 N–H and O–H groups in total. The largest absolute Gasteiger partial charge is 0.480 e. The van der Waals surface area contributed by atoms with Crippen molar-refractivity contribution in [1.82, 2.24) is 5.32 Å². The van der Waals surface area contributed by atoms with E-state index in [0.717, 1.165) is 5.56 Å². The van der Waals surface area contributed by atoms with Gasteiger partial charge in [0.1, 0.15) is 12.6 Å². The number of aliphatic carboxylic acids is 1. The van der Waals surface area contributed by atoms with Crippen molar-refractivity contribution < 1.29 is 19.4 Å². The number of rotatable bonds is 8. The molecular formula is C15H19NO4. The number of hydrogen-bond acceptors (Lipinski definition) is 3. The average molecular weight is 277 g/mol. The monoisotopic (exact) mass is 277 g/mol. The van der Waals surface area contributed by atoms with Crippen LogP contribution in [-0.2, 0) is 16.1 Å². The van der Waals surface area contributed by atoms with Gasteiger partial charge >= 0.3 is 12.1 Å². The minimum atomic E-state index is -1.06. The van der Waals surface area contributed by atoms with E-state index in [2.05, 4.69) is 11.9 Å². The molecule has 1 aromatic rings. The highest BCUT2D eigenvalue weighted by atomic mass is 16.5. The van der Waals surface area contributed by atoms with Crippen molar-refractivity contribution in [2.75, 3.05) is 0 Å². The summed E-state index contributed by atoms with van der Waals surface area (Å²) in [6.07, 6.45) is 2.71. The zero-order chi connectivity index (χ0) is 14.8. The van der Waals surface area contributed by atoms with E-state index in [4.69, 9.17) is 9.84 Å². The minimum Gasteiger partial charge on any atom is -0.480 e. The number of carboxylic acids is 1. The fraction of sp³-hybridized carbons (Fsp3) is 0.333. The summed E-state index contributed by atoms with van der Waals surface area (Å²) in [4.78, 5) is 22.6. The lowest BCUT2D eigenvalue weighted by molar-refractivity contribution is -0.139. The van der Waals surface area contributed by atoms with Crippen molar-refractivity contribution in [3.63, 3.8) is 0 Å². The molecule has 20 heavy (non-hydrogen) atoms. The van der Waals surface area contributed by atoms with Gasteiger partial charge in [-0.1, -0.05) is 36.4 Å². The number of alkyl carbamates (subject to hydrolysis) is 1. The van der Waals surface area contributed by atoms with Crippen LogP contribution in [0.15, 0.2) is 43.0 Å². The van der Waals surface area contributed by atoms with Crippen LogP contribution in [0.3, 0.4) is 0 Å². The van der Waals surface area contributed by atoms with Crippen LogP contribution in [0, 0.1) is 0 Å². The molecule has 0 saturated heterocycles. The third kappa shape index (κ3) is 6.04. The summed E-state index contributed by atoms with van der Waals surface area (Å²) in [5.74, 6) is -1.06. The summed E-state index contributed by atoms with van der Waals surface area (Å²) in [6, 6.07) is 8.26. The Bertz CT molecular complexity index is 444. The molecule has 0 aromatic heterocycles. The second-order valence-corrected chi connectivity index (χ2v) is 4.32. The van der Waals surface area contributed by atoms with Gasteiger partial charge in [0.05, 0.1) is 0 Å². The van der Waals surface area contributed by atoms with E-state index in [9.17, 15) is 9.59 Å². The standard InChI is InChI=1S/C15H19NO4/c1-2-3-5-10-13(14(17)18)16-15(19)20-11-12-8-6-4-7-9-12/h2,4,6-9,13H,1,3,5,10-11H2,(H,16,19)(H,17,18). The van der Waals surface area contributed by atoms with Crippen molar-refractivity contribution in [3.05, 3.63) is 48.6 Å². The molecule has 1 amide bonds. The van der Waals surface area contributed by atoms with Crippen LogP contribution in [0.5, 0.6) is 0 Å². The van der Waals surface area contributed by atoms with Crippen LogP contribution in [0.4, 0.5) is 4.79 Å². The number of ether oxygens (including phenoxy) is 1. The molecule has 5 heteroatoms.